The van der Waals surface area contributed by atoms with E-state index in [4.69, 9.17) is 28.9 Å². The maximum atomic E-state index is 13.9. The second-order valence-electron chi connectivity index (χ2n) is 19.1. The van der Waals surface area contributed by atoms with Crippen LogP contribution >= 0.6 is 0 Å². The monoisotopic (exact) mass is 940 g/mol. The molecule has 3 aromatic carbocycles. The Morgan fingerprint density at radius 1 is 0.710 bits per heavy atom. The van der Waals surface area contributed by atoms with Crippen molar-refractivity contribution in [3.8, 4) is 11.1 Å². The van der Waals surface area contributed by atoms with E-state index >= 15 is 0 Å². The third-order valence-electron chi connectivity index (χ3n) is 14.9. The van der Waals surface area contributed by atoms with Gasteiger partial charge in [0.05, 0.1) is 60.6 Å². The first kappa shape index (κ1) is 47.5. The summed E-state index contributed by atoms with van der Waals surface area (Å²) in [6, 6.07) is 17.6. The maximum absolute atomic E-state index is 13.9. The molecule has 2 fully saturated rings. The molecule has 5 aromatic rings. The van der Waals surface area contributed by atoms with Gasteiger partial charge in [0.1, 0.15) is 23.7 Å². The van der Waals surface area contributed by atoms with E-state index in [1.807, 2.05) is 0 Å². The van der Waals surface area contributed by atoms with Crippen molar-refractivity contribution in [1.29, 1.82) is 0 Å². The lowest BCUT2D eigenvalue weighted by Gasteiger charge is -2.30. The van der Waals surface area contributed by atoms with Gasteiger partial charge in [-0.05, 0) is 135 Å². The van der Waals surface area contributed by atoms with E-state index in [2.05, 4.69) is 94.3 Å². The summed E-state index contributed by atoms with van der Waals surface area (Å²) in [5.74, 6) is 1.58. The number of nitrogens with one attached hydrogen (secondary N) is 4. The number of allylic oxidation sites excluding steroid dienone is 4. The minimum absolute atomic E-state index is 0.229. The number of rotatable bonds is 12. The number of carbonyl (C=O) groups is 4. The minimum atomic E-state index is -0.902. The fraction of sp³-hybridized carbons (Fsp3) is 0.472. The Balaban J connectivity index is 0.945. The molecule has 0 saturated carbocycles. The first-order valence-electron chi connectivity index (χ1n) is 24.3. The maximum Gasteiger partial charge on any atom is 0.407 e. The smallest absolute Gasteiger partial charge is 0.407 e. The molecule has 12 rings (SSSR count). The summed E-state index contributed by atoms with van der Waals surface area (Å²) in [4.78, 5) is 73.0. The quantitative estimate of drug-likeness (QED) is 0.0944. The van der Waals surface area contributed by atoms with E-state index in [1.165, 1.54) is 61.8 Å². The largest absolute Gasteiger partial charge is 0.453 e. The highest BCUT2D eigenvalue weighted by Crippen LogP contribution is 2.43. The van der Waals surface area contributed by atoms with Crippen molar-refractivity contribution in [2.45, 2.75) is 114 Å². The van der Waals surface area contributed by atoms with E-state index in [1.54, 1.807) is 23.6 Å². The molecule has 16 nitrogen and oxygen atoms in total. The third-order valence-corrected chi connectivity index (χ3v) is 14.9. The lowest BCUT2D eigenvalue weighted by atomic mass is 9.76. The van der Waals surface area contributed by atoms with E-state index in [-0.39, 0.29) is 29.8 Å². The number of ether oxygens (including phenoxy) is 4. The van der Waals surface area contributed by atoms with Crippen LogP contribution in [-0.2, 0) is 35.0 Å². The standard InChI is InChI=1S/C53H64N8O8/c1-29-24-35-15-13-32(25-38(35)36-18-20-40-42(27-36)56-48(54-40)44-10-8-22-60(44)50(62)46(30(2)66-4)58-52(64)68-6)12-14-33-16-17-34(29)26-39(33)37-19-21-41-43(28-37)57-49(55-41)45-11-9-23-61(45)51(63)47(31(3)67-5)59-53(65)69-7/h13,16-21,25-31,35,44-47H,8-12,14-15,22-24H2,1-7H3,(H,54,56)(H,55,57)(H,58,64)(H,59,65)/t29-,30-,31-,35-,44+,45+,46+,47+/m1/s1. The number of aromatic amines is 2. The predicted octanol–water partition coefficient (Wildman–Crippen LogP) is 8.42. The van der Waals surface area contributed by atoms with Crippen LogP contribution in [0.4, 0.5) is 9.59 Å². The summed E-state index contributed by atoms with van der Waals surface area (Å²) in [5, 5.41) is 5.34. The van der Waals surface area contributed by atoms with Crippen molar-refractivity contribution < 1.29 is 38.1 Å². The van der Waals surface area contributed by atoms with E-state index in [0.29, 0.717) is 19.0 Å². The topological polar surface area (TPSA) is 193 Å². The Morgan fingerprint density at radius 2 is 1.26 bits per heavy atom. The highest BCUT2D eigenvalue weighted by Gasteiger charge is 2.40. The molecule has 4 heterocycles. The molecule has 0 unspecified atom stereocenters. The molecule has 4 amide bonds. The lowest BCUT2D eigenvalue weighted by molar-refractivity contribution is -0.138. The first-order chi connectivity index (χ1) is 33.4. The molecule has 7 aliphatic rings. The number of alkyl carbamates (subject to hydrolysis) is 2. The normalized spacial score (nSPS) is 22.1. The van der Waals surface area contributed by atoms with Crippen LogP contribution in [0.25, 0.3) is 38.8 Å². The molecule has 0 radical (unpaired) electrons. The van der Waals surface area contributed by atoms with Crippen LogP contribution in [-0.4, -0.2) is 120 Å². The number of H-pyrrole nitrogens is 2. The number of imidazole rings is 2. The Labute approximate surface area is 402 Å². The zero-order valence-corrected chi connectivity index (χ0v) is 40.6. The highest BCUT2D eigenvalue weighted by atomic mass is 16.5. The second-order valence-corrected chi connectivity index (χ2v) is 19.1. The van der Waals surface area contributed by atoms with Crippen molar-refractivity contribution >= 4 is 51.6 Å². The Morgan fingerprint density at radius 3 is 1.81 bits per heavy atom. The third kappa shape index (κ3) is 9.61. The Hall–Kier alpha value is -6.52. The van der Waals surface area contributed by atoms with Gasteiger partial charge in [-0.3, -0.25) is 9.59 Å². The summed E-state index contributed by atoms with van der Waals surface area (Å²) in [5.41, 5.74) is 12.2. The zero-order valence-electron chi connectivity index (χ0n) is 40.6. The average Bonchev–Trinajstić information content (AvgIpc) is 4.21. The SMILES string of the molecule is COC(=O)N[C@H](C(=O)N1CCC[C@H]1c1nc2ccc(C3=CC4=CC[C@@H]3C[C@@H](C)c3ccc(c(-c5ccc6nc([C@@H]7CCCN7C(=O)[C@@H](NC(=O)OC)[C@@H](C)OC)[nH]c6c5)c3)CC4)cc2[nH]1)[C@@H](C)OC. The van der Waals surface area contributed by atoms with Crippen molar-refractivity contribution in [3.05, 3.63) is 101 Å². The van der Waals surface area contributed by atoms with Crippen molar-refractivity contribution in [2.75, 3.05) is 41.5 Å². The first-order valence-corrected chi connectivity index (χ1v) is 24.3. The van der Waals surface area contributed by atoms with E-state index < -0.39 is 36.5 Å². The fourth-order valence-corrected chi connectivity index (χ4v) is 10.9. The van der Waals surface area contributed by atoms with Gasteiger partial charge >= 0.3 is 12.2 Å². The number of carbonyl (C=O) groups excluding carboxylic acids is 4. The van der Waals surface area contributed by atoms with E-state index in [9.17, 15) is 19.2 Å². The summed E-state index contributed by atoms with van der Waals surface area (Å²) in [6.07, 6.45) is 9.19. The number of hydrogen-bond acceptors (Lipinski definition) is 10. The van der Waals surface area contributed by atoms with Crippen LogP contribution < -0.4 is 10.6 Å². The van der Waals surface area contributed by atoms with Crippen molar-refractivity contribution in [2.24, 2.45) is 5.92 Å². The predicted molar refractivity (Wildman–Crippen MR) is 262 cm³/mol. The summed E-state index contributed by atoms with van der Waals surface area (Å²) >= 11 is 0. The molecular weight excluding hydrogens is 877 g/mol. The highest BCUT2D eigenvalue weighted by molar-refractivity contribution is 5.89. The molecule has 5 aliphatic carbocycles. The number of methoxy groups -OCH3 is 4. The Kier molecular flexibility index (Phi) is 13.9. The van der Waals surface area contributed by atoms with Crippen molar-refractivity contribution in [3.63, 3.8) is 0 Å². The number of benzene rings is 3. The van der Waals surface area contributed by atoms with Gasteiger partial charge in [-0.15, -0.1) is 0 Å². The number of likely N-dealkylation sites (tertiary alicyclic amines) is 2. The van der Waals surface area contributed by atoms with Gasteiger partial charge in [0.15, 0.2) is 0 Å². The molecule has 69 heavy (non-hydrogen) atoms. The molecule has 2 aromatic heterocycles. The number of hydrogen-bond donors (Lipinski definition) is 4. The molecule has 2 saturated heterocycles. The number of aryl methyl sites for hydroxylation is 1. The van der Waals surface area contributed by atoms with Crippen LogP contribution in [0.3, 0.4) is 0 Å². The molecule has 8 atom stereocenters. The van der Waals surface area contributed by atoms with Gasteiger partial charge in [-0.2, -0.15) is 0 Å². The molecule has 4 N–H and O–H groups in total. The van der Waals surface area contributed by atoms with Gasteiger partial charge in [-0.1, -0.05) is 55.0 Å². The molecule has 16 heteroatoms. The van der Waals surface area contributed by atoms with Crippen LogP contribution in [0.15, 0.2) is 72.3 Å². The molecule has 364 valence electrons. The fourth-order valence-electron chi connectivity index (χ4n) is 10.9. The zero-order chi connectivity index (χ0) is 48.5. The van der Waals surface area contributed by atoms with Gasteiger partial charge in [0, 0.05) is 27.3 Å². The number of nitrogens with zero attached hydrogens (tertiary/aromatic N) is 4. The second kappa shape index (κ2) is 20.2. The van der Waals surface area contributed by atoms with Crippen LogP contribution in [0.1, 0.15) is 112 Å². The number of amides is 4. The summed E-state index contributed by atoms with van der Waals surface area (Å²) in [7, 11) is 5.59. The number of fused-ring (bicyclic) bond motifs is 2. The molecule has 0 spiro atoms. The van der Waals surface area contributed by atoms with Gasteiger partial charge in [0.25, 0.3) is 0 Å². The summed E-state index contributed by atoms with van der Waals surface area (Å²) < 4.78 is 20.6. The lowest BCUT2D eigenvalue weighted by Crippen LogP contribution is -2.54. The van der Waals surface area contributed by atoms with Crippen LogP contribution in [0.5, 0.6) is 0 Å². The minimum Gasteiger partial charge on any atom is -0.453 e. The molecular formula is C53H64N8O8. The van der Waals surface area contributed by atoms with Crippen LogP contribution in [0, 0.1) is 5.92 Å². The van der Waals surface area contributed by atoms with Crippen molar-refractivity contribution in [1.82, 2.24) is 40.4 Å². The Bertz CT molecular complexity index is 2810. The molecule has 4 bridgehead atoms. The average molecular weight is 941 g/mol. The van der Waals surface area contributed by atoms with Crippen LogP contribution in [0.2, 0.25) is 0 Å². The van der Waals surface area contributed by atoms with E-state index in [0.717, 1.165) is 90.6 Å². The number of aromatic nitrogens is 4. The summed E-state index contributed by atoms with van der Waals surface area (Å²) in [6.45, 7) is 6.94. The van der Waals surface area contributed by atoms with Gasteiger partial charge in [-0.25, -0.2) is 19.6 Å². The molecule has 2 aliphatic heterocycles. The van der Waals surface area contributed by atoms with Gasteiger partial charge < -0.3 is 49.3 Å². The van der Waals surface area contributed by atoms with Gasteiger partial charge in [0.2, 0.25) is 11.8 Å².